The van der Waals surface area contributed by atoms with Gasteiger partial charge in [-0.1, -0.05) is 0 Å². The van der Waals surface area contributed by atoms with Crippen molar-refractivity contribution in [3.8, 4) is 0 Å². The number of nitrogens with zero attached hydrogens (tertiary/aromatic N) is 1. The fraction of sp³-hybridized carbons (Fsp3) is 0.333. The lowest BCUT2D eigenvalue weighted by Gasteiger charge is -2.21. The fourth-order valence-electron chi connectivity index (χ4n) is 2.45. The maximum atomic E-state index is 12.5. The van der Waals surface area contributed by atoms with Crippen LogP contribution in [0.4, 0.5) is 0 Å². The molecule has 1 atom stereocenters. The number of sulfonamides is 1. The zero-order chi connectivity index (χ0) is 14.5. The molecule has 1 aromatic rings. The molecule has 20 heavy (non-hydrogen) atoms. The number of hydrogen-bond donors (Lipinski definition) is 1. The lowest BCUT2D eigenvalue weighted by atomic mass is 10.1. The topological polar surface area (TPSA) is 91.8 Å². The molecule has 0 aliphatic carbocycles. The number of carboxylic acids is 1. The summed E-state index contributed by atoms with van der Waals surface area (Å²) in [4.78, 5) is 23.0. The number of thioether (sulfide) groups is 1. The lowest BCUT2D eigenvalue weighted by molar-refractivity contribution is 0.0695. The molecular formula is C12H11NO5S2. The van der Waals surface area contributed by atoms with Crippen LogP contribution in [0.3, 0.4) is 0 Å². The Hall–Kier alpha value is -1.54. The van der Waals surface area contributed by atoms with Gasteiger partial charge >= 0.3 is 5.97 Å². The number of carbonyl (C=O) groups is 2. The van der Waals surface area contributed by atoms with Gasteiger partial charge in [0.15, 0.2) is 0 Å². The predicted octanol–water partition coefficient (Wildman–Crippen LogP) is 1.03. The van der Waals surface area contributed by atoms with Crippen molar-refractivity contribution in [1.29, 1.82) is 0 Å². The molecule has 1 fully saturated rings. The van der Waals surface area contributed by atoms with E-state index in [0.29, 0.717) is 12.2 Å². The molecule has 2 aliphatic heterocycles. The van der Waals surface area contributed by atoms with Gasteiger partial charge in [-0.2, -0.15) is 11.8 Å². The molecule has 0 saturated carbocycles. The molecule has 106 valence electrons. The zero-order valence-corrected chi connectivity index (χ0v) is 11.9. The highest BCUT2D eigenvalue weighted by molar-refractivity contribution is 7.99. The van der Waals surface area contributed by atoms with E-state index in [-0.39, 0.29) is 22.1 Å². The van der Waals surface area contributed by atoms with E-state index in [1.165, 1.54) is 12.1 Å². The fourth-order valence-corrected chi connectivity index (χ4v) is 5.55. The Labute approximate surface area is 119 Å². The summed E-state index contributed by atoms with van der Waals surface area (Å²) < 4.78 is 25.8. The van der Waals surface area contributed by atoms with Gasteiger partial charge in [0.05, 0.1) is 17.2 Å². The number of rotatable bonds is 2. The first-order valence-electron chi connectivity index (χ1n) is 5.97. The molecule has 1 amide bonds. The molecule has 2 aliphatic rings. The highest BCUT2D eigenvalue weighted by Gasteiger charge is 2.46. The molecule has 1 saturated heterocycles. The molecule has 2 heterocycles. The van der Waals surface area contributed by atoms with Gasteiger partial charge in [-0.05, 0) is 30.4 Å². The van der Waals surface area contributed by atoms with Crippen LogP contribution in [0.15, 0.2) is 23.1 Å². The number of hydrogen-bond acceptors (Lipinski definition) is 5. The summed E-state index contributed by atoms with van der Waals surface area (Å²) in [5.41, 5.74) is -0.0744. The van der Waals surface area contributed by atoms with Crippen molar-refractivity contribution in [2.45, 2.75) is 17.4 Å². The zero-order valence-electron chi connectivity index (χ0n) is 10.3. The second-order valence-electron chi connectivity index (χ2n) is 4.64. The highest BCUT2D eigenvalue weighted by Crippen LogP contribution is 2.36. The average molecular weight is 313 g/mol. The van der Waals surface area contributed by atoms with E-state index >= 15 is 0 Å². The van der Waals surface area contributed by atoms with E-state index in [2.05, 4.69) is 0 Å². The van der Waals surface area contributed by atoms with E-state index in [1.54, 1.807) is 11.8 Å². The molecule has 0 spiro atoms. The summed E-state index contributed by atoms with van der Waals surface area (Å²) in [7, 11) is -3.93. The maximum Gasteiger partial charge on any atom is 0.335 e. The first-order chi connectivity index (χ1) is 9.43. The third-order valence-corrected chi connectivity index (χ3v) is 6.45. The van der Waals surface area contributed by atoms with E-state index in [1.807, 2.05) is 0 Å². The molecule has 3 rings (SSSR count). The number of amides is 1. The number of carboxylic acid groups (broad SMARTS) is 1. The third-order valence-electron chi connectivity index (χ3n) is 3.43. The number of fused-ring (bicyclic) bond motifs is 1. The maximum absolute atomic E-state index is 12.5. The van der Waals surface area contributed by atoms with Gasteiger partial charge in [-0.25, -0.2) is 17.5 Å². The van der Waals surface area contributed by atoms with Crippen LogP contribution in [0.2, 0.25) is 0 Å². The first kappa shape index (κ1) is 13.4. The van der Waals surface area contributed by atoms with E-state index < -0.39 is 21.9 Å². The molecule has 6 nitrogen and oxygen atoms in total. The van der Waals surface area contributed by atoms with Crippen molar-refractivity contribution >= 4 is 33.7 Å². The minimum atomic E-state index is -3.93. The van der Waals surface area contributed by atoms with Crippen molar-refractivity contribution in [3.05, 3.63) is 29.3 Å². The summed E-state index contributed by atoms with van der Waals surface area (Å²) in [5.74, 6) is -0.361. The Kier molecular flexibility index (Phi) is 3.02. The van der Waals surface area contributed by atoms with Gasteiger partial charge in [-0.15, -0.1) is 0 Å². The van der Waals surface area contributed by atoms with Crippen LogP contribution < -0.4 is 0 Å². The summed E-state index contributed by atoms with van der Waals surface area (Å²) in [5, 5.41) is 8.93. The minimum absolute atomic E-state index is 0.0619. The molecule has 1 N–H and O–H groups in total. The molecular weight excluding hydrogens is 302 g/mol. The molecule has 1 unspecified atom stereocenters. The van der Waals surface area contributed by atoms with E-state index in [9.17, 15) is 18.0 Å². The average Bonchev–Trinajstić information content (AvgIpc) is 2.96. The number of benzene rings is 1. The van der Waals surface area contributed by atoms with Gasteiger partial charge in [0.1, 0.15) is 4.90 Å². The van der Waals surface area contributed by atoms with Crippen molar-refractivity contribution < 1.29 is 23.1 Å². The van der Waals surface area contributed by atoms with Gasteiger partial charge in [0.2, 0.25) is 0 Å². The third kappa shape index (κ3) is 1.82. The van der Waals surface area contributed by atoms with Crippen LogP contribution in [-0.2, 0) is 10.0 Å². The van der Waals surface area contributed by atoms with Gasteiger partial charge < -0.3 is 5.11 Å². The highest BCUT2D eigenvalue weighted by atomic mass is 32.2. The second-order valence-corrected chi connectivity index (χ2v) is 7.57. The minimum Gasteiger partial charge on any atom is -0.478 e. The largest absolute Gasteiger partial charge is 0.478 e. The number of carbonyl (C=O) groups excluding carboxylic acids is 1. The van der Waals surface area contributed by atoms with Crippen LogP contribution in [0.1, 0.15) is 27.1 Å². The van der Waals surface area contributed by atoms with Crippen molar-refractivity contribution in [2.24, 2.45) is 0 Å². The van der Waals surface area contributed by atoms with Crippen molar-refractivity contribution in [2.75, 3.05) is 11.5 Å². The molecule has 8 heteroatoms. The molecule has 0 bridgehead atoms. The Morgan fingerprint density at radius 3 is 2.75 bits per heavy atom. The van der Waals surface area contributed by atoms with Gasteiger partial charge in [0, 0.05) is 5.75 Å². The lowest BCUT2D eigenvalue weighted by Crippen LogP contribution is -2.39. The quantitative estimate of drug-likeness (QED) is 0.877. The standard InChI is InChI=1S/C12H11NO5S2/c14-11-9-2-1-7(12(15)16)5-10(9)20(17,18)13(11)8-3-4-19-6-8/h1-2,5,8H,3-4,6H2,(H,15,16). The van der Waals surface area contributed by atoms with Gasteiger partial charge in [0.25, 0.3) is 15.9 Å². The Morgan fingerprint density at radius 1 is 1.40 bits per heavy atom. The second kappa shape index (κ2) is 4.49. The summed E-state index contributed by atoms with van der Waals surface area (Å²) in [6.45, 7) is 0. The number of aromatic carboxylic acids is 1. The van der Waals surface area contributed by atoms with Crippen LogP contribution >= 0.6 is 11.8 Å². The van der Waals surface area contributed by atoms with E-state index in [4.69, 9.17) is 5.11 Å². The normalized spacial score (nSPS) is 23.9. The summed E-state index contributed by atoms with van der Waals surface area (Å²) in [6, 6.07) is 3.26. The SMILES string of the molecule is O=C(O)c1ccc2c(c1)S(=O)(=O)N(C1CCSC1)C2=O. The Balaban J connectivity index is 2.13. The smallest absolute Gasteiger partial charge is 0.335 e. The monoisotopic (exact) mass is 313 g/mol. The van der Waals surface area contributed by atoms with Crippen LogP contribution in [-0.4, -0.2) is 47.3 Å². The van der Waals surface area contributed by atoms with Crippen molar-refractivity contribution in [1.82, 2.24) is 4.31 Å². The van der Waals surface area contributed by atoms with E-state index in [0.717, 1.165) is 16.1 Å². The first-order valence-corrected chi connectivity index (χ1v) is 8.56. The summed E-state index contributed by atoms with van der Waals surface area (Å²) >= 11 is 1.61. The van der Waals surface area contributed by atoms with Gasteiger partial charge in [-0.3, -0.25) is 4.79 Å². The molecule has 0 aromatic heterocycles. The van der Waals surface area contributed by atoms with Crippen molar-refractivity contribution in [3.63, 3.8) is 0 Å². The summed E-state index contributed by atoms with van der Waals surface area (Å²) in [6.07, 6.45) is 0.634. The predicted molar refractivity (Wildman–Crippen MR) is 72.5 cm³/mol. The molecule has 0 radical (unpaired) electrons. The molecule has 1 aromatic carbocycles. The Bertz CT molecular complexity index is 707. The van der Waals surface area contributed by atoms with Crippen LogP contribution in [0.25, 0.3) is 0 Å². The Morgan fingerprint density at radius 2 is 2.15 bits per heavy atom. The van der Waals surface area contributed by atoms with Crippen LogP contribution in [0.5, 0.6) is 0 Å². The van der Waals surface area contributed by atoms with Crippen LogP contribution in [0, 0.1) is 0 Å².